The van der Waals surface area contributed by atoms with E-state index in [0.717, 1.165) is 18.4 Å². The van der Waals surface area contributed by atoms with Gasteiger partial charge in [0.15, 0.2) is 0 Å². The van der Waals surface area contributed by atoms with Crippen molar-refractivity contribution in [1.82, 2.24) is 19.6 Å². The van der Waals surface area contributed by atoms with Crippen LogP contribution in [0.5, 0.6) is 0 Å². The molecule has 0 bridgehead atoms. The number of nitrogens with zero attached hydrogens (tertiary/aromatic N) is 4. The number of hydrogen-bond acceptors (Lipinski definition) is 3. The SMILES string of the molecule is Cc1ccc(Cn2nc(C)c(C(=O)N3CCN(C(=O)CCCc4ccccc4)CC3)c2Cl)cc1. The zero-order chi connectivity index (χ0) is 24.1. The van der Waals surface area contributed by atoms with Crippen molar-refractivity contribution in [2.24, 2.45) is 0 Å². The van der Waals surface area contributed by atoms with Gasteiger partial charge in [-0.2, -0.15) is 5.10 Å². The number of halogens is 1. The molecular formula is C27H31ClN4O2. The van der Waals surface area contributed by atoms with Crippen molar-refractivity contribution in [2.45, 2.75) is 39.7 Å². The summed E-state index contributed by atoms with van der Waals surface area (Å²) in [7, 11) is 0. The Kier molecular flexibility index (Phi) is 7.68. The first-order chi connectivity index (χ1) is 16.4. The van der Waals surface area contributed by atoms with Crippen LogP contribution in [0.2, 0.25) is 5.15 Å². The minimum Gasteiger partial charge on any atom is -0.339 e. The summed E-state index contributed by atoms with van der Waals surface area (Å²) in [6.07, 6.45) is 2.26. The fourth-order valence-electron chi connectivity index (χ4n) is 4.33. The molecular weight excluding hydrogens is 448 g/mol. The molecule has 7 heteroatoms. The van der Waals surface area contributed by atoms with Gasteiger partial charge in [-0.15, -0.1) is 0 Å². The summed E-state index contributed by atoms with van der Waals surface area (Å²) in [5.74, 6) is 0.0389. The second kappa shape index (κ2) is 10.9. The van der Waals surface area contributed by atoms with E-state index >= 15 is 0 Å². The van der Waals surface area contributed by atoms with Gasteiger partial charge in [0.1, 0.15) is 5.15 Å². The van der Waals surface area contributed by atoms with Crippen molar-refractivity contribution in [3.63, 3.8) is 0 Å². The molecule has 0 spiro atoms. The van der Waals surface area contributed by atoms with Crippen LogP contribution < -0.4 is 0 Å². The molecule has 1 aliphatic rings. The van der Waals surface area contributed by atoms with Gasteiger partial charge >= 0.3 is 0 Å². The fourth-order valence-corrected chi connectivity index (χ4v) is 4.65. The third-order valence-corrected chi connectivity index (χ3v) is 6.73. The van der Waals surface area contributed by atoms with E-state index in [2.05, 4.69) is 17.2 Å². The number of carbonyl (C=O) groups is 2. The van der Waals surface area contributed by atoms with Gasteiger partial charge in [0.25, 0.3) is 5.91 Å². The number of aromatic nitrogens is 2. The minimum atomic E-state index is -0.117. The summed E-state index contributed by atoms with van der Waals surface area (Å²) >= 11 is 6.60. The molecule has 34 heavy (non-hydrogen) atoms. The van der Waals surface area contributed by atoms with Crippen molar-refractivity contribution >= 4 is 23.4 Å². The molecule has 4 rings (SSSR count). The van der Waals surface area contributed by atoms with Crippen LogP contribution in [0.15, 0.2) is 54.6 Å². The van der Waals surface area contributed by atoms with Crippen LogP contribution in [0.3, 0.4) is 0 Å². The number of piperazine rings is 1. The molecule has 1 aromatic heterocycles. The molecule has 6 nitrogen and oxygen atoms in total. The van der Waals surface area contributed by atoms with E-state index in [9.17, 15) is 9.59 Å². The Morgan fingerprint density at radius 3 is 2.21 bits per heavy atom. The van der Waals surface area contributed by atoms with E-state index in [4.69, 9.17) is 11.6 Å². The zero-order valence-electron chi connectivity index (χ0n) is 19.8. The third kappa shape index (κ3) is 5.68. The number of amides is 2. The average Bonchev–Trinajstić information content (AvgIpc) is 3.13. The Morgan fingerprint density at radius 2 is 1.53 bits per heavy atom. The van der Waals surface area contributed by atoms with Crippen molar-refractivity contribution < 1.29 is 9.59 Å². The summed E-state index contributed by atoms with van der Waals surface area (Å²) in [6.45, 7) is 6.47. The van der Waals surface area contributed by atoms with Crippen LogP contribution in [0, 0.1) is 13.8 Å². The Bertz CT molecular complexity index is 1130. The first kappa shape index (κ1) is 24.0. The van der Waals surface area contributed by atoms with E-state index < -0.39 is 0 Å². The second-order valence-corrected chi connectivity index (χ2v) is 9.26. The highest BCUT2D eigenvalue weighted by molar-refractivity contribution is 6.33. The zero-order valence-corrected chi connectivity index (χ0v) is 20.6. The highest BCUT2D eigenvalue weighted by Gasteiger charge is 2.29. The Labute approximate surface area is 206 Å². The summed E-state index contributed by atoms with van der Waals surface area (Å²) in [5.41, 5.74) is 4.60. The topological polar surface area (TPSA) is 58.4 Å². The molecule has 2 aromatic carbocycles. The van der Waals surface area contributed by atoms with Crippen LogP contribution in [-0.4, -0.2) is 57.6 Å². The normalized spacial score (nSPS) is 13.9. The molecule has 3 aromatic rings. The highest BCUT2D eigenvalue weighted by atomic mass is 35.5. The number of benzene rings is 2. The number of carbonyl (C=O) groups excluding carboxylic acids is 2. The maximum atomic E-state index is 13.2. The number of rotatable bonds is 7. The number of hydrogen-bond donors (Lipinski definition) is 0. The van der Waals surface area contributed by atoms with Crippen molar-refractivity contribution in [2.75, 3.05) is 26.2 Å². The molecule has 0 N–H and O–H groups in total. The Hall–Kier alpha value is -3.12. The Morgan fingerprint density at radius 1 is 0.882 bits per heavy atom. The van der Waals surface area contributed by atoms with Gasteiger partial charge in [-0.25, -0.2) is 4.68 Å². The first-order valence-corrected chi connectivity index (χ1v) is 12.2. The van der Waals surface area contributed by atoms with Gasteiger partial charge in [0, 0.05) is 32.6 Å². The Balaban J connectivity index is 1.31. The maximum Gasteiger partial charge on any atom is 0.259 e. The second-order valence-electron chi connectivity index (χ2n) is 8.91. The molecule has 178 valence electrons. The molecule has 0 aliphatic carbocycles. The smallest absolute Gasteiger partial charge is 0.259 e. The van der Waals surface area contributed by atoms with Crippen LogP contribution in [-0.2, 0) is 17.8 Å². The lowest BCUT2D eigenvalue weighted by molar-refractivity contribution is -0.132. The summed E-state index contributed by atoms with van der Waals surface area (Å²) in [5, 5.41) is 4.88. The maximum absolute atomic E-state index is 13.2. The highest BCUT2D eigenvalue weighted by Crippen LogP contribution is 2.23. The van der Waals surface area contributed by atoms with Gasteiger partial charge in [-0.05, 0) is 37.8 Å². The molecule has 0 atom stereocenters. The quantitative estimate of drug-likeness (QED) is 0.502. The largest absolute Gasteiger partial charge is 0.339 e. The molecule has 0 saturated carbocycles. The van der Waals surface area contributed by atoms with Crippen molar-refractivity contribution in [3.8, 4) is 0 Å². The molecule has 1 saturated heterocycles. The van der Waals surface area contributed by atoms with Gasteiger partial charge in [-0.1, -0.05) is 71.8 Å². The fraction of sp³-hybridized carbons (Fsp3) is 0.370. The lowest BCUT2D eigenvalue weighted by Crippen LogP contribution is -2.50. The first-order valence-electron chi connectivity index (χ1n) is 11.8. The van der Waals surface area contributed by atoms with Crippen LogP contribution in [0.4, 0.5) is 0 Å². The molecule has 1 aliphatic heterocycles. The summed E-state index contributed by atoms with van der Waals surface area (Å²) in [4.78, 5) is 29.5. The average molecular weight is 479 g/mol. The molecule has 2 amide bonds. The van der Waals surface area contributed by atoms with Gasteiger partial charge in [-0.3, -0.25) is 9.59 Å². The van der Waals surface area contributed by atoms with E-state index in [0.29, 0.717) is 55.6 Å². The van der Waals surface area contributed by atoms with Crippen molar-refractivity contribution in [1.29, 1.82) is 0 Å². The lowest BCUT2D eigenvalue weighted by atomic mass is 10.1. The van der Waals surface area contributed by atoms with Crippen LogP contribution in [0.1, 0.15) is 45.6 Å². The lowest BCUT2D eigenvalue weighted by Gasteiger charge is -2.35. The van der Waals surface area contributed by atoms with Crippen LogP contribution >= 0.6 is 11.6 Å². The van der Waals surface area contributed by atoms with E-state index in [1.54, 1.807) is 9.58 Å². The standard InChI is InChI=1S/C27H31ClN4O2/c1-20-11-13-23(14-12-20)19-32-26(28)25(21(2)29-32)27(34)31-17-15-30(16-18-31)24(33)10-6-9-22-7-4-3-5-8-22/h3-5,7-8,11-14H,6,9-10,15-19H2,1-2H3. The summed E-state index contributed by atoms with van der Waals surface area (Å²) < 4.78 is 1.68. The molecule has 0 unspecified atom stereocenters. The monoisotopic (exact) mass is 478 g/mol. The van der Waals surface area contributed by atoms with Crippen molar-refractivity contribution in [3.05, 3.63) is 87.7 Å². The van der Waals surface area contributed by atoms with Gasteiger partial charge in [0.05, 0.1) is 17.8 Å². The van der Waals surface area contributed by atoms with E-state index in [1.165, 1.54) is 11.1 Å². The molecule has 1 fully saturated rings. The molecule has 2 heterocycles. The van der Waals surface area contributed by atoms with Gasteiger partial charge in [0.2, 0.25) is 5.91 Å². The van der Waals surface area contributed by atoms with Crippen LogP contribution in [0.25, 0.3) is 0 Å². The predicted octanol–water partition coefficient (Wildman–Crippen LogP) is 4.51. The van der Waals surface area contributed by atoms with E-state index in [-0.39, 0.29) is 11.8 Å². The third-order valence-electron chi connectivity index (χ3n) is 6.35. The van der Waals surface area contributed by atoms with Gasteiger partial charge < -0.3 is 9.80 Å². The predicted molar refractivity (Wildman–Crippen MR) is 134 cm³/mol. The minimum absolute atomic E-state index is 0.117. The number of aryl methyl sites for hydroxylation is 3. The molecule has 0 radical (unpaired) electrons. The van der Waals surface area contributed by atoms with E-state index in [1.807, 2.05) is 61.2 Å². The summed E-state index contributed by atoms with van der Waals surface area (Å²) in [6, 6.07) is 18.4.